The van der Waals surface area contributed by atoms with E-state index in [-0.39, 0.29) is 11.7 Å². The molecule has 4 rings (SSSR count). The first-order valence-corrected chi connectivity index (χ1v) is 14.8. The van der Waals surface area contributed by atoms with Gasteiger partial charge in [0.05, 0.1) is 11.9 Å². The van der Waals surface area contributed by atoms with Crippen LogP contribution in [0, 0.1) is 0 Å². The zero-order valence-electron chi connectivity index (χ0n) is 26.1. The first-order chi connectivity index (χ1) is 20.9. The maximum Gasteiger partial charge on any atom is 0.252 e. The molecule has 0 aliphatic carbocycles. The van der Waals surface area contributed by atoms with E-state index < -0.39 is 28.9 Å². The lowest BCUT2D eigenvalue weighted by Gasteiger charge is -2.33. The normalized spacial score (nSPS) is 13.4. The highest BCUT2D eigenvalue weighted by Crippen LogP contribution is 2.31. The Bertz CT molecular complexity index is 1560. The van der Waals surface area contributed by atoms with Crippen LogP contribution in [0.2, 0.25) is 0 Å². The summed E-state index contributed by atoms with van der Waals surface area (Å²) in [4.78, 5) is 45.8. The highest BCUT2D eigenvalue weighted by molar-refractivity contribution is 5.98. The smallest absolute Gasteiger partial charge is 0.252 e. The topological polar surface area (TPSA) is 122 Å². The van der Waals surface area contributed by atoms with Crippen LogP contribution in [-0.2, 0) is 26.3 Å². The summed E-state index contributed by atoms with van der Waals surface area (Å²) in [5, 5.41) is 5.65. The summed E-state index contributed by atoms with van der Waals surface area (Å²) >= 11 is 0. The number of aryl methyl sites for hydroxylation is 1. The summed E-state index contributed by atoms with van der Waals surface area (Å²) in [5.41, 5.74) is 7.75. The standard InChI is InChI=1S/C35H42N6O3/c1-34(2,36)32(43)38-29(18-12-15-25-13-8-6-9-14-25)31(42)39-30-23-41(24-37-30)35(3,33(44)40(4)5)28-21-19-27(20-22-28)26-16-10-7-11-17-26/h6-11,13-14,16-17,19-24,29H,12,15,18,36H2,1-5H3,(H,38,43)(H,39,42). The zero-order valence-corrected chi connectivity index (χ0v) is 26.1. The minimum absolute atomic E-state index is 0.156. The van der Waals surface area contributed by atoms with Gasteiger partial charge in [0.1, 0.15) is 11.6 Å². The summed E-state index contributed by atoms with van der Waals surface area (Å²) in [7, 11) is 3.42. The van der Waals surface area contributed by atoms with E-state index >= 15 is 0 Å². The lowest BCUT2D eigenvalue weighted by molar-refractivity contribution is -0.135. The third kappa shape index (κ3) is 7.60. The summed E-state index contributed by atoms with van der Waals surface area (Å²) < 4.78 is 1.70. The van der Waals surface area contributed by atoms with E-state index in [4.69, 9.17) is 5.73 Å². The molecule has 0 aliphatic heterocycles. The van der Waals surface area contributed by atoms with Gasteiger partial charge in [-0.2, -0.15) is 0 Å². The predicted molar refractivity (Wildman–Crippen MR) is 174 cm³/mol. The van der Waals surface area contributed by atoms with Crippen molar-refractivity contribution in [2.24, 2.45) is 5.73 Å². The molecule has 0 spiro atoms. The van der Waals surface area contributed by atoms with Crippen LogP contribution in [0.25, 0.3) is 11.1 Å². The van der Waals surface area contributed by atoms with Crippen LogP contribution in [0.4, 0.5) is 5.82 Å². The van der Waals surface area contributed by atoms with E-state index in [2.05, 4.69) is 15.6 Å². The van der Waals surface area contributed by atoms with E-state index in [9.17, 15) is 14.4 Å². The van der Waals surface area contributed by atoms with Crippen molar-refractivity contribution in [3.05, 3.63) is 109 Å². The van der Waals surface area contributed by atoms with Crippen LogP contribution in [0.3, 0.4) is 0 Å². The molecular weight excluding hydrogens is 552 g/mol. The zero-order chi connectivity index (χ0) is 31.9. The molecule has 3 amide bonds. The fourth-order valence-corrected chi connectivity index (χ4v) is 5.05. The van der Waals surface area contributed by atoms with Gasteiger partial charge in [0.25, 0.3) is 5.91 Å². The van der Waals surface area contributed by atoms with E-state index in [1.807, 2.05) is 91.9 Å². The van der Waals surface area contributed by atoms with Crippen LogP contribution >= 0.6 is 0 Å². The summed E-state index contributed by atoms with van der Waals surface area (Å²) in [5.74, 6) is -0.723. The monoisotopic (exact) mass is 594 g/mol. The minimum Gasteiger partial charge on any atom is -0.346 e. The molecule has 4 N–H and O–H groups in total. The third-order valence-corrected chi connectivity index (χ3v) is 7.74. The second kappa shape index (κ2) is 13.7. The number of amides is 3. The number of hydrogen-bond donors (Lipinski definition) is 3. The molecule has 44 heavy (non-hydrogen) atoms. The minimum atomic E-state index is -1.15. The first-order valence-electron chi connectivity index (χ1n) is 14.8. The number of carbonyl (C=O) groups is 3. The molecule has 0 fully saturated rings. The second-order valence-electron chi connectivity index (χ2n) is 12.0. The quantitative estimate of drug-likeness (QED) is 0.222. The van der Waals surface area contributed by atoms with Crippen molar-refractivity contribution in [2.45, 2.75) is 57.2 Å². The van der Waals surface area contributed by atoms with Gasteiger partial charge in [0, 0.05) is 20.3 Å². The molecule has 2 unspecified atom stereocenters. The molecule has 4 aromatic rings. The lowest BCUT2D eigenvalue weighted by atomic mass is 9.88. The van der Waals surface area contributed by atoms with Crippen molar-refractivity contribution in [1.82, 2.24) is 19.8 Å². The molecule has 3 aromatic carbocycles. The van der Waals surface area contributed by atoms with Gasteiger partial charge in [0.2, 0.25) is 11.8 Å². The Morgan fingerprint density at radius 1 is 0.886 bits per heavy atom. The highest BCUT2D eigenvalue weighted by atomic mass is 16.2. The van der Waals surface area contributed by atoms with Crippen LogP contribution in [0.1, 0.15) is 44.7 Å². The summed E-state index contributed by atoms with van der Waals surface area (Å²) in [6.07, 6.45) is 5.02. The van der Waals surface area contributed by atoms with Crippen LogP contribution < -0.4 is 16.4 Å². The number of carbonyl (C=O) groups excluding carboxylic acids is 3. The van der Waals surface area contributed by atoms with Gasteiger partial charge >= 0.3 is 0 Å². The molecule has 0 bridgehead atoms. The van der Waals surface area contributed by atoms with E-state index in [1.165, 1.54) is 11.2 Å². The number of nitrogens with zero attached hydrogens (tertiary/aromatic N) is 3. The van der Waals surface area contributed by atoms with Gasteiger partial charge < -0.3 is 25.8 Å². The number of nitrogens with two attached hydrogens (primary N) is 1. The predicted octanol–water partition coefficient (Wildman–Crippen LogP) is 4.59. The van der Waals surface area contributed by atoms with Gasteiger partial charge in [-0.25, -0.2) is 4.98 Å². The Morgan fingerprint density at radius 3 is 2.07 bits per heavy atom. The van der Waals surface area contributed by atoms with Gasteiger partial charge in [-0.1, -0.05) is 84.9 Å². The molecule has 9 nitrogen and oxygen atoms in total. The number of benzene rings is 3. The van der Waals surface area contributed by atoms with Gasteiger partial charge in [-0.3, -0.25) is 14.4 Å². The van der Waals surface area contributed by atoms with Crippen molar-refractivity contribution in [2.75, 3.05) is 19.4 Å². The average molecular weight is 595 g/mol. The average Bonchev–Trinajstić information content (AvgIpc) is 3.49. The van der Waals surface area contributed by atoms with Crippen LogP contribution in [0.5, 0.6) is 0 Å². The number of rotatable bonds is 12. The molecule has 0 radical (unpaired) electrons. The molecule has 1 aromatic heterocycles. The van der Waals surface area contributed by atoms with Gasteiger partial charge in [-0.05, 0) is 62.3 Å². The van der Waals surface area contributed by atoms with Crippen LogP contribution in [0.15, 0.2) is 97.5 Å². The first kappa shape index (κ1) is 32.2. The van der Waals surface area contributed by atoms with Crippen molar-refractivity contribution in [3.8, 4) is 11.1 Å². The fraction of sp³-hybridized carbons (Fsp3) is 0.314. The Kier molecular flexibility index (Phi) is 10.0. The Hall–Kier alpha value is -4.76. The lowest BCUT2D eigenvalue weighted by Crippen LogP contribution is -2.54. The molecule has 0 aliphatic rings. The number of hydrogen-bond acceptors (Lipinski definition) is 5. The van der Waals surface area contributed by atoms with Crippen molar-refractivity contribution < 1.29 is 14.4 Å². The maximum absolute atomic E-state index is 13.6. The number of nitrogens with one attached hydrogen (secondary N) is 2. The Balaban J connectivity index is 1.56. The van der Waals surface area contributed by atoms with Gasteiger partial charge in [-0.15, -0.1) is 0 Å². The van der Waals surface area contributed by atoms with Crippen molar-refractivity contribution >= 4 is 23.5 Å². The largest absolute Gasteiger partial charge is 0.346 e. The molecule has 2 atom stereocenters. The Labute approximate surface area is 259 Å². The molecule has 0 saturated heterocycles. The molecule has 0 saturated carbocycles. The van der Waals surface area contributed by atoms with E-state index in [0.717, 1.165) is 28.7 Å². The molecule has 230 valence electrons. The highest BCUT2D eigenvalue weighted by Gasteiger charge is 2.39. The molecular formula is C35H42N6O3. The number of likely N-dealkylation sites (N-methyl/N-ethyl adjacent to an activating group) is 1. The number of aromatic nitrogens is 2. The van der Waals surface area contributed by atoms with Crippen molar-refractivity contribution in [3.63, 3.8) is 0 Å². The van der Waals surface area contributed by atoms with Gasteiger partial charge in [0.15, 0.2) is 5.82 Å². The van der Waals surface area contributed by atoms with Crippen LogP contribution in [-0.4, -0.2) is 57.8 Å². The Morgan fingerprint density at radius 2 is 1.48 bits per heavy atom. The van der Waals surface area contributed by atoms with E-state index in [0.29, 0.717) is 12.8 Å². The maximum atomic E-state index is 13.6. The SMILES string of the molecule is CN(C)C(=O)C(C)(c1ccc(-c2ccccc2)cc1)n1cnc(NC(=O)C(CCCc2ccccc2)NC(=O)C(C)(C)N)c1. The number of anilines is 1. The molecule has 9 heteroatoms. The van der Waals surface area contributed by atoms with E-state index in [1.54, 1.807) is 38.7 Å². The fourth-order valence-electron chi connectivity index (χ4n) is 5.05. The molecule has 1 heterocycles. The third-order valence-electron chi connectivity index (χ3n) is 7.74. The van der Waals surface area contributed by atoms with Crippen molar-refractivity contribution in [1.29, 1.82) is 0 Å². The second-order valence-corrected chi connectivity index (χ2v) is 12.0. The number of imidazole rings is 1. The summed E-state index contributed by atoms with van der Waals surface area (Å²) in [6, 6.07) is 27.0. The summed E-state index contributed by atoms with van der Waals surface area (Å²) in [6.45, 7) is 5.02.